The molecule has 2 aromatic heterocycles. The summed E-state index contributed by atoms with van der Waals surface area (Å²) in [5.74, 6) is 1.15. The third kappa shape index (κ3) is 3.64. The summed E-state index contributed by atoms with van der Waals surface area (Å²) in [6.45, 7) is 5.50. The minimum Gasteiger partial charge on any atom is -0.328 e. The highest BCUT2D eigenvalue weighted by Gasteiger charge is 2.25. The second-order valence-corrected chi connectivity index (χ2v) is 8.25. The maximum atomic E-state index is 13.3. The van der Waals surface area contributed by atoms with E-state index in [4.69, 9.17) is 4.98 Å². The number of hydrogen-bond acceptors (Lipinski definition) is 3. The van der Waals surface area contributed by atoms with Gasteiger partial charge in [-0.25, -0.2) is 14.2 Å². The Labute approximate surface area is 168 Å². The number of rotatable bonds is 4. The monoisotopic (exact) mass is 400 g/mol. The normalized spacial score (nSPS) is 19.7. The summed E-state index contributed by atoms with van der Waals surface area (Å²) in [5, 5.41) is 0. The van der Waals surface area contributed by atoms with Crippen molar-refractivity contribution < 1.29 is 9.29 Å². The summed E-state index contributed by atoms with van der Waals surface area (Å²) >= 11 is 0. The van der Waals surface area contributed by atoms with Gasteiger partial charge in [0, 0.05) is 26.6 Å². The highest BCUT2D eigenvalue weighted by Crippen LogP contribution is 2.15. The number of nitrogens with zero attached hydrogens (tertiary/aromatic N) is 4. The molecule has 2 atom stereocenters. The first-order valence-electron chi connectivity index (χ1n) is 10.1. The second-order valence-electron chi connectivity index (χ2n) is 8.25. The Balaban J connectivity index is 1.85. The number of piperidine rings is 1. The van der Waals surface area contributed by atoms with Crippen molar-refractivity contribution in [1.29, 1.82) is 0 Å². The maximum absolute atomic E-state index is 13.3. The van der Waals surface area contributed by atoms with E-state index in [2.05, 4.69) is 6.92 Å². The van der Waals surface area contributed by atoms with Crippen LogP contribution < -0.4 is 16.1 Å². The van der Waals surface area contributed by atoms with Gasteiger partial charge in [-0.3, -0.25) is 13.9 Å². The zero-order chi connectivity index (χ0) is 20.7. The second kappa shape index (κ2) is 7.59. The Morgan fingerprint density at radius 2 is 1.90 bits per heavy atom. The van der Waals surface area contributed by atoms with Crippen LogP contribution in [0.2, 0.25) is 0 Å². The molecule has 0 spiro atoms. The number of aromatic nitrogens is 4. The summed E-state index contributed by atoms with van der Waals surface area (Å²) in [5.41, 5.74) is 0.952. The molecule has 29 heavy (non-hydrogen) atoms. The average molecular weight is 400 g/mol. The van der Waals surface area contributed by atoms with Gasteiger partial charge in [-0.1, -0.05) is 19.1 Å². The molecule has 0 radical (unpaired) electrons. The Bertz CT molecular complexity index is 1160. The molecule has 3 aromatic rings. The minimum absolute atomic E-state index is 0.297. The van der Waals surface area contributed by atoms with Crippen LogP contribution >= 0.6 is 0 Å². The molecule has 4 rings (SSSR count). The fourth-order valence-corrected chi connectivity index (χ4v) is 4.35. The van der Waals surface area contributed by atoms with Gasteiger partial charge in [-0.2, -0.15) is 0 Å². The molecular formula is C21H27FN5O2+. The largest absolute Gasteiger partial charge is 0.332 e. The van der Waals surface area contributed by atoms with Gasteiger partial charge in [0.2, 0.25) is 0 Å². The van der Waals surface area contributed by atoms with Gasteiger partial charge in [-0.15, -0.1) is 0 Å². The standard InChI is InChI=1S/C21H26FN5O2/c1-14-5-4-10-26(11-14)13-17-23-19-18(20(28)25(3)21(29)24(19)2)27(17)12-15-6-8-16(22)9-7-15/h6-9,14H,4-5,10-13H2,1-3H3/p+1/t14-/m1/s1. The number of likely N-dealkylation sites (tertiary alicyclic amines) is 1. The number of benzene rings is 1. The predicted octanol–water partition coefficient (Wildman–Crippen LogP) is 0.436. The molecule has 1 unspecified atom stereocenters. The van der Waals surface area contributed by atoms with Crippen LogP contribution in [0.5, 0.6) is 0 Å². The number of aryl methyl sites for hydroxylation is 1. The number of quaternary nitrogens is 1. The molecule has 0 saturated carbocycles. The molecule has 154 valence electrons. The molecule has 1 fully saturated rings. The lowest BCUT2D eigenvalue weighted by atomic mass is 10.0. The van der Waals surface area contributed by atoms with E-state index in [-0.39, 0.29) is 17.1 Å². The van der Waals surface area contributed by atoms with E-state index in [0.717, 1.165) is 29.0 Å². The van der Waals surface area contributed by atoms with Crippen LogP contribution in [-0.2, 0) is 27.2 Å². The molecule has 1 N–H and O–H groups in total. The molecule has 0 amide bonds. The van der Waals surface area contributed by atoms with E-state index in [1.165, 1.54) is 41.5 Å². The van der Waals surface area contributed by atoms with Gasteiger partial charge in [0.05, 0.1) is 13.1 Å². The third-order valence-electron chi connectivity index (χ3n) is 5.95. The first kappa shape index (κ1) is 19.6. The van der Waals surface area contributed by atoms with Crippen LogP contribution in [0.15, 0.2) is 33.9 Å². The Morgan fingerprint density at radius 1 is 1.17 bits per heavy atom. The fraction of sp³-hybridized carbons (Fsp3) is 0.476. The smallest absolute Gasteiger partial charge is 0.328 e. The van der Waals surface area contributed by atoms with E-state index in [1.807, 2.05) is 4.57 Å². The van der Waals surface area contributed by atoms with Crippen molar-refractivity contribution in [3.8, 4) is 0 Å². The van der Waals surface area contributed by atoms with Gasteiger partial charge in [0.15, 0.2) is 17.0 Å². The molecule has 7 nitrogen and oxygen atoms in total. The molecule has 3 heterocycles. The number of hydrogen-bond donors (Lipinski definition) is 1. The van der Waals surface area contributed by atoms with E-state index < -0.39 is 0 Å². The van der Waals surface area contributed by atoms with E-state index >= 15 is 0 Å². The molecule has 8 heteroatoms. The van der Waals surface area contributed by atoms with Crippen molar-refractivity contribution in [2.24, 2.45) is 20.0 Å². The molecule has 0 aliphatic carbocycles. The first-order chi connectivity index (χ1) is 13.8. The SMILES string of the molecule is C[C@@H]1CCC[NH+](Cc2nc3c(c(=O)n(C)c(=O)n3C)n2Cc2ccc(F)cc2)C1. The zero-order valence-corrected chi connectivity index (χ0v) is 17.1. The molecular weight excluding hydrogens is 373 g/mol. The van der Waals surface area contributed by atoms with Crippen molar-refractivity contribution in [2.75, 3.05) is 13.1 Å². The highest BCUT2D eigenvalue weighted by atomic mass is 19.1. The van der Waals surface area contributed by atoms with Gasteiger partial charge < -0.3 is 9.47 Å². The van der Waals surface area contributed by atoms with E-state index in [0.29, 0.717) is 30.2 Å². The van der Waals surface area contributed by atoms with Gasteiger partial charge >= 0.3 is 5.69 Å². The molecule has 1 aliphatic rings. The van der Waals surface area contributed by atoms with Crippen molar-refractivity contribution in [1.82, 2.24) is 18.7 Å². The Morgan fingerprint density at radius 3 is 2.59 bits per heavy atom. The summed E-state index contributed by atoms with van der Waals surface area (Å²) in [6, 6.07) is 6.26. The number of fused-ring (bicyclic) bond motifs is 1. The van der Waals surface area contributed by atoms with Crippen molar-refractivity contribution >= 4 is 11.2 Å². The van der Waals surface area contributed by atoms with Crippen LogP contribution in [0.4, 0.5) is 4.39 Å². The lowest BCUT2D eigenvalue weighted by Crippen LogP contribution is -3.12. The van der Waals surface area contributed by atoms with Crippen LogP contribution in [0.25, 0.3) is 11.2 Å². The van der Waals surface area contributed by atoms with Crippen molar-refractivity contribution in [3.63, 3.8) is 0 Å². The lowest BCUT2D eigenvalue weighted by molar-refractivity contribution is -0.922. The fourth-order valence-electron chi connectivity index (χ4n) is 4.35. The minimum atomic E-state index is -0.389. The average Bonchev–Trinajstić information content (AvgIpc) is 3.04. The summed E-state index contributed by atoms with van der Waals surface area (Å²) in [7, 11) is 3.12. The van der Waals surface area contributed by atoms with Crippen LogP contribution in [0.3, 0.4) is 0 Å². The summed E-state index contributed by atoms with van der Waals surface area (Å²) in [4.78, 5) is 31.5. The first-order valence-corrected chi connectivity index (χ1v) is 10.1. The number of imidazole rings is 1. The number of halogens is 1. The molecule has 1 aliphatic heterocycles. The van der Waals surface area contributed by atoms with Crippen LogP contribution in [0, 0.1) is 11.7 Å². The molecule has 1 saturated heterocycles. The lowest BCUT2D eigenvalue weighted by Gasteiger charge is -2.27. The number of nitrogens with one attached hydrogen (secondary N) is 1. The molecule has 0 bridgehead atoms. The van der Waals surface area contributed by atoms with Gasteiger partial charge in [0.25, 0.3) is 5.56 Å². The summed E-state index contributed by atoms with van der Waals surface area (Å²) < 4.78 is 17.8. The maximum Gasteiger partial charge on any atom is 0.332 e. The highest BCUT2D eigenvalue weighted by molar-refractivity contribution is 5.71. The van der Waals surface area contributed by atoms with Crippen LogP contribution in [0.1, 0.15) is 31.2 Å². The van der Waals surface area contributed by atoms with E-state index in [1.54, 1.807) is 19.2 Å². The third-order valence-corrected chi connectivity index (χ3v) is 5.95. The predicted molar refractivity (Wildman–Crippen MR) is 109 cm³/mol. The van der Waals surface area contributed by atoms with Crippen LogP contribution in [-0.4, -0.2) is 31.8 Å². The van der Waals surface area contributed by atoms with Crippen molar-refractivity contribution in [3.05, 3.63) is 62.3 Å². The van der Waals surface area contributed by atoms with Gasteiger partial charge in [-0.05, 0) is 30.5 Å². The Kier molecular flexibility index (Phi) is 5.12. The molecule has 1 aromatic carbocycles. The van der Waals surface area contributed by atoms with Gasteiger partial charge in [0.1, 0.15) is 12.4 Å². The zero-order valence-electron chi connectivity index (χ0n) is 17.1. The quantitative estimate of drug-likeness (QED) is 0.691. The van der Waals surface area contributed by atoms with E-state index in [9.17, 15) is 14.0 Å². The van der Waals surface area contributed by atoms with Crippen molar-refractivity contribution in [2.45, 2.75) is 32.9 Å². The Hall–Kier alpha value is -2.74. The summed E-state index contributed by atoms with van der Waals surface area (Å²) in [6.07, 6.45) is 2.42. The topological polar surface area (TPSA) is 66.3 Å².